The van der Waals surface area contributed by atoms with E-state index in [9.17, 15) is 14.0 Å². The van der Waals surface area contributed by atoms with Crippen molar-refractivity contribution in [1.82, 2.24) is 9.97 Å². The van der Waals surface area contributed by atoms with Crippen LogP contribution in [0.3, 0.4) is 0 Å². The number of fused-ring (bicyclic) bond motifs is 1. The standard InChI is InChI=1S/C14H8FN3O3S/c15-8-1-2-10-9(3-8)13(20)7(6-21-10)5-16-11-4-12(19)18-14(22)17-11/h1-6H,(H2,17,18,19,22). The normalized spacial score (nSPS) is 11.3. The topological polar surface area (TPSA) is 91.2 Å². The van der Waals surface area contributed by atoms with Crippen molar-refractivity contribution in [3.63, 3.8) is 0 Å². The number of aromatic nitrogens is 2. The Balaban J connectivity index is 2.09. The number of rotatable bonds is 2. The van der Waals surface area contributed by atoms with Gasteiger partial charge in [-0.05, 0) is 30.4 Å². The minimum absolute atomic E-state index is 0.114. The highest BCUT2D eigenvalue weighted by Crippen LogP contribution is 2.12. The van der Waals surface area contributed by atoms with Crippen molar-refractivity contribution in [2.45, 2.75) is 0 Å². The molecular formula is C14H8FN3O3S. The number of benzene rings is 1. The molecule has 2 aromatic heterocycles. The Labute approximate surface area is 127 Å². The van der Waals surface area contributed by atoms with Crippen LogP contribution in [0.25, 0.3) is 11.0 Å². The fraction of sp³-hybridized carbons (Fsp3) is 0. The van der Waals surface area contributed by atoms with Gasteiger partial charge in [-0.25, -0.2) is 9.38 Å². The van der Waals surface area contributed by atoms with Crippen LogP contribution in [0.5, 0.6) is 0 Å². The third-order valence-electron chi connectivity index (χ3n) is 2.85. The fourth-order valence-electron chi connectivity index (χ4n) is 1.87. The van der Waals surface area contributed by atoms with E-state index in [1.165, 1.54) is 30.7 Å². The highest BCUT2D eigenvalue weighted by atomic mass is 32.1. The first-order valence-electron chi connectivity index (χ1n) is 6.12. The number of aromatic amines is 2. The number of H-pyrrole nitrogens is 2. The number of nitrogens with zero attached hydrogens (tertiary/aromatic N) is 1. The van der Waals surface area contributed by atoms with Crippen molar-refractivity contribution in [3.05, 3.63) is 67.3 Å². The van der Waals surface area contributed by atoms with Gasteiger partial charge in [0.1, 0.15) is 23.5 Å². The van der Waals surface area contributed by atoms with Gasteiger partial charge in [0.2, 0.25) is 5.43 Å². The van der Waals surface area contributed by atoms with E-state index in [1.54, 1.807) is 0 Å². The van der Waals surface area contributed by atoms with Crippen LogP contribution in [0.4, 0.5) is 10.2 Å². The van der Waals surface area contributed by atoms with Gasteiger partial charge >= 0.3 is 0 Å². The second-order valence-corrected chi connectivity index (χ2v) is 4.80. The first-order valence-corrected chi connectivity index (χ1v) is 6.52. The monoisotopic (exact) mass is 317 g/mol. The van der Waals surface area contributed by atoms with Gasteiger partial charge in [-0.1, -0.05) is 0 Å². The van der Waals surface area contributed by atoms with Crippen molar-refractivity contribution in [1.29, 1.82) is 0 Å². The molecule has 0 bridgehead atoms. The average Bonchev–Trinajstić information content (AvgIpc) is 2.46. The third-order valence-corrected chi connectivity index (χ3v) is 3.05. The van der Waals surface area contributed by atoms with Gasteiger partial charge in [0.15, 0.2) is 4.77 Å². The van der Waals surface area contributed by atoms with E-state index < -0.39 is 16.8 Å². The quantitative estimate of drug-likeness (QED) is 0.561. The van der Waals surface area contributed by atoms with Crippen molar-refractivity contribution in [2.75, 3.05) is 0 Å². The highest BCUT2D eigenvalue weighted by Gasteiger charge is 2.06. The molecule has 0 saturated heterocycles. The maximum Gasteiger partial charge on any atom is 0.253 e. The molecule has 8 heteroatoms. The largest absolute Gasteiger partial charge is 0.463 e. The molecule has 3 aromatic rings. The molecule has 2 N–H and O–H groups in total. The molecule has 3 rings (SSSR count). The molecule has 0 saturated carbocycles. The molecule has 0 aliphatic rings. The molecule has 0 amide bonds. The van der Waals surface area contributed by atoms with Crippen LogP contribution in [0.15, 0.2) is 49.5 Å². The zero-order valence-electron chi connectivity index (χ0n) is 10.9. The van der Waals surface area contributed by atoms with Crippen molar-refractivity contribution in [2.24, 2.45) is 4.99 Å². The highest BCUT2D eigenvalue weighted by molar-refractivity contribution is 7.71. The summed E-state index contributed by atoms with van der Waals surface area (Å²) in [6.07, 6.45) is 2.43. The van der Waals surface area contributed by atoms with Gasteiger partial charge < -0.3 is 9.40 Å². The number of nitrogens with one attached hydrogen (secondary N) is 2. The molecule has 0 radical (unpaired) electrons. The van der Waals surface area contributed by atoms with Crippen LogP contribution in [-0.2, 0) is 0 Å². The van der Waals surface area contributed by atoms with Gasteiger partial charge in [0, 0.05) is 12.3 Å². The zero-order valence-corrected chi connectivity index (χ0v) is 11.7. The Morgan fingerprint density at radius 1 is 1.23 bits per heavy atom. The summed E-state index contributed by atoms with van der Waals surface area (Å²) >= 11 is 4.81. The van der Waals surface area contributed by atoms with E-state index >= 15 is 0 Å². The lowest BCUT2D eigenvalue weighted by molar-refractivity contribution is 0.595. The van der Waals surface area contributed by atoms with Gasteiger partial charge in [-0.15, -0.1) is 0 Å². The van der Waals surface area contributed by atoms with Gasteiger partial charge in [0.25, 0.3) is 5.56 Å². The summed E-state index contributed by atoms with van der Waals surface area (Å²) in [5, 5.41) is 0.114. The molecule has 0 atom stereocenters. The molecule has 6 nitrogen and oxygen atoms in total. The molecule has 1 aromatic carbocycles. The maximum absolute atomic E-state index is 13.2. The second kappa shape index (κ2) is 5.49. The Morgan fingerprint density at radius 3 is 2.82 bits per heavy atom. The second-order valence-electron chi connectivity index (χ2n) is 4.39. The van der Waals surface area contributed by atoms with Crippen molar-refractivity contribution >= 4 is 35.2 Å². The van der Waals surface area contributed by atoms with Gasteiger partial charge in [0.05, 0.1) is 10.9 Å². The molecule has 0 aliphatic carbocycles. The molecule has 2 heterocycles. The van der Waals surface area contributed by atoms with Gasteiger partial charge in [-0.2, -0.15) is 0 Å². The lowest BCUT2D eigenvalue weighted by Crippen LogP contribution is -2.08. The predicted octanol–water partition coefficient (Wildman–Crippen LogP) is 2.43. The summed E-state index contributed by atoms with van der Waals surface area (Å²) < 4.78 is 18.6. The Hall–Kier alpha value is -2.87. The van der Waals surface area contributed by atoms with E-state index in [2.05, 4.69) is 15.0 Å². The number of hydrogen-bond donors (Lipinski definition) is 2. The molecule has 0 fully saturated rings. The minimum Gasteiger partial charge on any atom is -0.463 e. The van der Waals surface area contributed by atoms with E-state index in [4.69, 9.17) is 16.6 Å². The first-order chi connectivity index (χ1) is 10.5. The van der Waals surface area contributed by atoms with Crippen LogP contribution in [0, 0.1) is 10.6 Å². The summed E-state index contributed by atoms with van der Waals surface area (Å²) in [5.41, 5.74) is -0.437. The first kappa shape index (κ1) is 14.1. The minimum atomic E-state index is -0.535. The van der Waals surface area contributed by atoms with E-state index in [-0.39, 0.29) is 27.1 Å². The zero-order chi connectivity index (χ0) is 15.7. The van der Waals surface area contributed by atoms with Crippen LogP contribution in [-0.4, -0.2) is 16.2 Å². The van der Waals surface area contributed by atoms with Crippen LogP contribution in [0.1, 0.15) is 5.56 Å². The lowest BCUT2D eigenvalue weighted by atomic mass is 10.2. The number of aliphatic imine (C=N–C) groups is 1. The Morgan fingerprint density at radius 2 is 2.05 bits per heavy atom. The summed E-state index contributed by atoms with van der Waals surface area (Å²) in [4.78, 5) is 32.5. The Kier molecular flexibility index (Phi) is 3.51. The number of hydrogen-bond acceptors (Lipinski definition) is 5. The number of halogens is 1. The maximum atomic E-state index is 13.2. The molecule has 110 valence electrons. The van der Waals surface area contributed by atoms with Crippen LogP contribution < -0.4 is 11.0 Å². The molecule has 0 aliphatic heterocycles. The molecule has 22 heavy (non-hydrogen) atoms. The third kappa shape index (κ3) is 2.77. The van der Waals surface area contributed by atoms with Crippen LogP contribution >= 0.6 is 12.2 Å². The Bertz CT molecular complexity index is 1040. The SMILES string of the molecule is O=c1cc(N=Cc2coc3ccc(F)cc3c2=O)[nH]c(=S)[nH]1. The fourth-order valence-corrected chi connectivity index (χ4v) is 2.08. The molecular weight excluding hydrogens is 309 g/mol. The lowest BCUT2D eigenvalue weighted by Gasteiger charge is -1.98. The van der Waals surface area contributed by atoms with E-state index in [0.717, 1.165) is 6.07 Å². The summed E-state index contributed by atoms with van der Waals surface area (Å²) in [5.74, 6) is -0.347. The predicted molar refractivity (Wildman–Crippen MR) is 81.9 cm³/mol. The summed E-state index contributed by atoms with van der Waals surface area (Å²) in [6.45, 7) is 0. The average molecular weight is 317 g/mol. The van der Waals surface area contributed by atoms with E-state index in [0.29, 0.717) is 0 Å². The summed E-state index contributed by atoms with van der Waals surface area (Å²) in [7, 11) is 0. The van der Waals surface area contributed by atoms with Crippen molar-refractivity contribution in [3.8, 4) is 0 Å². The smallest absolute Gasteiger partial charge is 0.253 e. The van der Waals surface area contributed by atoms with Crippen LogP contribution in [0.2, 0.25) is 0 Å². The molecule has 0 unspecified atom stereocenters. The molecule has 0 spiro atoms. The summed E-state index contributed by atoms with van der Waals surface area (Å²) in [6, 6.07) is 4.87. The van der Waals surface area contributed by atoms with Crippen molar-refractivity contribution < 1.29 is 8.81 Å². The van der Waals surface area contributed by atoms with E-state index in [1.807, 2.05) is 0 Å². The van der Waals surface area contributed by atoms with Gasteiger partial charge in [-0.3, -0.25) is 14.6 Å².